The molecule has 0 aliphatic heterocycles. The molecule has 0 radical (unpaired) electrons. The third-order valence-electron chi connectivity index (χ3n) is 2.97. The first-order valence-electron chi connectivity index (χ1n) is 5.93. The highest BCUT2D eigenvalue weighted by molar-refractivity contribution is 7.15. The number of hydrogen-bond acceptors (Lipinski definition) is 5. The fraction of sp³-hybridized carbons (Fsp3) is 0.231. The number of fused-ring (bicyclic) bond motifs is 1. The van der Waals surface area contributed by atoms with E-state index in [1.165, 1.54) is 5.69 Å². The van der Waals surface area contributed by atoms with Crippen molar-refractivity contribution < 1.29 is 4.74 Å². The SMILES string of the molecule is COc1ccc(NCc2c(C)nc3sccn23)cn1. The molecule has 0 saturated carbocycles. The minimum Gasteiger partial charge on any atom is -0.481 e. The van der Waals surface area contributed by atoms with Crippen LogP contribution in [-0.4, -0.2) is 21.5 Å². The van der Waals surface area contributed by atoms with E-state index in [-0.39, 0.29) is 0 Å². The summed E-state index contributed by atoms with van der Waals surface area (Å²) in [5, 5.41) is 5.39. The minimum absolute atomic E-state index is 0.617. The zero-order valence-electron chi connectivity index (χ0n) is 10.8. The van der Waals surface area contributed by atoms with Crippen LogP contribution in [0.5, 0.6) is 5.88 Å². The van der Waals surface area contributed by atoms with Crippen LogP contribution < -0.4 is 10.1 Å². The molecule has 19 heavy (non-hydrogen) atoms. The van der Waals surface area contributed by atoms with E-state index in [1.54, 1.807) is 24.6 Å². The Hall–Kier alpha value is -2.08. The number of pyridine rings is 1. The van der Waals surface area contributed by atoms with Gasteiger partial charge in [0.2, 0.25) is 5.88 Å². The van der Waals surface area contributed by atoms with Gasteiger partial charge in [0, 0.05) is 17.6 Å². The molecule has 0 aliphatic carbocycles. The van der Waals surface area contributed by atoms with Gasteiger partial charge in [0.25, 0.3) is 0 Å². The second-order valence-electron chi connectivity index (χ2n) is 4.14. The van der Waals surface area contributed by atoms with Crippen LogP contribution in [0.25, 0.3) is 4.96 Å². The lowest BCUT2D eigenvalue weighted by Crippen LogP contribution is -2.03. The largest absolute Gasteiger partial charge is 0.481 e. The molecule has 5 nitrogen and oxygen atoms in total. The smallest absolute Gasteiger partial charge is 0.213 e. The normalized spacial score (nSPS) is 10.8. The van der Waals surface area contributed by atoms with E-state index in [9.17, 15) is 0 Å². The van der Waals surface area contributed by atoms with Crippen molar-refractivity contribution >= 4 is 22.0 Å². The van der Waals surface area contributed by atoms with E-state index < -0.39 is 0 Å². The molecule has 0 amide bonds. The number of imidazole rings is 1. The molecular formula is C13H14N4OS. The number of methoxy groups -OCH3 is 1. The number of rotatable bonds is 4. The highest BCUT2D eigenvalue weighted by Gasteiger charge is 2.09. The van der Waals surface area contributed by atoms with Gasteiger partial charge in [-0.05, 0) is 13.0 Å². The fourth-order valence-electron chi connectivity index (χ4n) is 1.95. The van der Waals surface area contributed by atoms with Crippen molar-refractivity contribution in [2.24, 2.45) is 0 Å². The minimum atomic E-state index is 0.617. The Bertz CT molecular complexity index is 686. The molecule has 98 valence electrons. The molecule has 0 unspecified atom stereocenters. The van der Waals surface area contributed by atoms with Crippen LogP contribution in [0.1, 0.15) is 11.4 Å². The van der Waals surface area contributed by atoms with Crippen LogP contribution in [0.3, 0.4) is 0 Å². The number of aryl methyl sites for hydroxylation is 1. The highest BCUT2D eigenvalue weighted by Crippen LogP contribution is 2.18. The summed E-state index contributed by atoms with van der Waals surface area (Å²) in [4.78, 5) is 9.72. The van der Waals surface area contributed by atoms with Crippen molar-refractivity contribution in [3.05, 3.63) is 41.3 Å². The second kappa shape index (κ2) is 4.89. The van der Waals surface area contributed by atoms with Gasteiger partial charge in [-0.25, -0.2) is 9.97 Å². The number of nitrogens with zero attached hydrogens (tertiary/aromatic N) is 3. The molecule has 6 heteroatoms. The van der Waals surface area contributed by atoms with Crippen molar-refractivity contribution in [3.8, 4) is 5.88 Å². The number of ether oxygens (including phenoxy) is 1. The molecule has 0 spiro atoms. The van der Waals surface area contributed by atoms with Crippen molar-refractivity contribution in [2.45, 2.75) is 13.5 Å². The molecule has 0 atom stereocenters. The summed E-state index contributed by atoms with van der Waals surface area (Å²) < 4.78 is 7.15. The quantitative estimate of drug-likeness (QED) is 0.794. The van der Waals surface area contributed by atoms with Crippen molar-refractivity contribution in [2.75, 3.05) is 12.4 Å². The monoisotopic (exact) mass is 274 g/mol. The number of anilines is 1. The van der Waals surface area contributed by atoms with Gasteiger partial charge in [-0.1, -0.05) is 0 Å². The summed E-state index contributed by atoms with van der Waals surface area (Å²) in [6.45, 7) is 2.75. The Balaban J connectivity index is 1.77. The van der Waals surface area contributed by atoms with Gasteiger partial charge >= 0.3 is 0 Å². The van der Waals surface area contributed by atoms with Crippen LogP contribution >= 0.6 is 11.3 Å². The van der Waals surface area contributed by atoms with Crippen LogP contribution in [0.15, 0.2) is 29.9 Å². The second-order valence-corrected chi connectivity index (χ2v) is 5.02. The third kappa shape index (κ3) is 2.26. The highest BCUT2D eigenvalue weighted by atomic mass is 32.1. The van der Waals surface area contributed by atoms with Crippen LogP contribution in [-0.2, 0) is 6.54 Å². The molecule has 3 rings (SSSR count). The lowest BCUT2D eigenvalue weighted by Gasteiger charge is -2.06. The van der Waals surface area contributed by atoms with E-state index in [0.717, 1.165) is 22.9 Å². The van der Waals surface area contributed by atoms with Crippen molar-refractivity contribution in [1.82, 2.24) is 14.4 Å². The Morgan fingerprint density at radius 1 is 1.42 bits per heavy atom. The molecule has 0 saturated heterocycles. The Kier molecular flexibility index (Phi) is 3.08. The Labute approximate surface area is 114 Å². The summed E-state index contributed by atoms with van der Waals surface area (Å²) in [6, 6.07) is 3.79. The molecule has 1 N–H and O–H groups in total. The number of nitrogens with one attached hydrogen (secondary N) is 1. The zero-order chi connectivity index (χ0) is 13.2. The first-order valence-corrected chi connectivity index (χ1v) is 6.81. The molecule has 3 aromatic rings. The van der Waals surface area contributed by atoms with Gasteiger partial charge in [-0.15, -0.1) is 11.3 Å². The molecule has 0 aromatic carbocycles. The van der Waals surface area contributed by atoms with E-state index in [1.807, 2.05) is 30.6 Å². The number of thiazole rings is 1. The summed E-state index contributed by atoms with van der Waals surface area (Å²) in [6.07, 6.45) is 3.81. The average Bonchev–Trinajstić information content (AvgIpc) is 2.98. The molecule has 0 fully saturated rings. The van der Waals surface area contributed by atoms with E-state index >= 15 is 0 Å². The Morgan fingerprint density at radius 2 is 2.32 bits per heavy atom. The predicted octanol–water partition coefficient (Wildman–Crippen LogP) is 2.72. The van der Waals surface area contributed by atoms with Crippen LogP contribution in [0, 0.1) is 6.92 Å². The van der Waals surface area contributed by atoms with Crippen molar-refractivity contribution in [3.63, 3.8) is 0 Å². The predicted molar refractivity (Wildman–Crippen MR) is 75.9 cm³/mol. The zero-order valence-corrected chi connectivity index (χ0v) is 11.6. The fourth-order valence-corrected chi connectivity index (χ4v) is 2.72. The van der Waals surface area contributed by atoms with E-state index in [2.05, 4.69) is 19.7 Å². The number of aromatic nitrogens is 3. The Morgan fingerprint density at radius 3 is 3.05 bits per heavy atom. The lowest BCUT2D eigenvalue weighted by atomic mass is 10.3. The maximum Gasteiger partial charge on any atom is 0.213 e. The van der Waals surface area contributed by atoms with Gasteiger partial charge in [-0.2, -0.15) is 0 Å². The average molecular weight is 274 g/mol. The topological polar surface area (TPSA) is 51.5 Å². The first kappa shape index (κ1) is 12.0. The van der Waals surface area contributed by atoms with E-state index in [0.29, 0.717) is 5.88 Å². The van der Waals surface area contributed by atoms with Gasteiger partial charge in [0.15, 0.2) is 4.96 Å². The van der Waals surface area contributed by atoms with Gasteiger partial charge in [-0.3, -0.25) is 4.40 Å². The first-order chi connectivity index (χ1) is 9.28. The lowest BCUT2D eigenvalue weighted by molar-refractivity contribution is 0.398. The van der Waals surface area contributed by atoms with Gasteiger partial charge in [0.1, 0.15) is 0 Å². The molecule has 3 aromatic heterocycles. The van der Waals surface area contributed by atoms with Gasteiger partial charge in [0.05, 0.1) is 36.9 Å². The van der Waals surface area contributed by atoms with Crippen molar-refractivity contribution in [1.29, 1.82) is 0 Å². The summed E-state index contributed by atoms with van der Waals surface area (Å²) in [5.74, 6) is 0.617. The van der Waals surface area contributed by atoms with E-state index in [4.69, 9.17) is 4.74 Å². The number of hydrogen-bond donors (Lipinski definition) is 1. The summed E-state index contributed by atoms with van der Waals surface area (Å²) in [7, 11) is 1.61. The van der Waals surface area contributed by atoms with Gasteiger partial charge < -0.3 is 10.1 Å². The molecule has 0 aliphatic rings. The molecular weight excluding hydrogens is 260 g/mol. The standard InChI is InChI=1S/C13H14N4OS/c1-9-11(17-5-6-19-13(17)16-9)8-14-10-3-4-12(18-2)15-7-10/h3-7,14H,8H2,1-2H3. The molecule has 0 bridgehead atoms. The maximum absolute atomic E-state index is 5.03. The van der Waals surface area contributed by atoms with Crippen LogP contribution in [0.4, 0.5) is 5.69 Å². The summed E-state index contributed by atoms with van der Waals surface area (Å²) in [5.41, 5.74) is 3.19. The third-order valence-corrected chi connectivity index (χ3v) is 3.72. The maximum atomic E-state index is 5.03. The summed E-state index contributed by atoms with van der Waals surface area (Å²) >= 11 is 1.64. The van der Waals surface area contributed by atoms with Crippen LogP contribution in [0.2, 0.25) is 0 Å². The molecule has 3 heterocycles.